The standard InChI is InChI=1S/C14H16FN3O2/c1-9-12(8-16-18(9)2)13(14(19)20-3)17-11-6-4-5-10(15)7-11/h4-8,13,17H,1-3H3. The van der Waals surface area contributed by atoms with E-state index >= 15 is 0 Å². The predicted molar refractivity (Wildman–Crippen MR) is 72.7 cm³/mol. The first-order valence-corrected chi connectivity index (χ1v) is 6.11. The van der Waals surface area contributed by atoms with Crippen molar-refractivity contribution in [3.8, 4) is 0 Å². The van der Waals surface area contributed by atoms with Gasteiger partial charge in [-0.25, -0.2) is 9.18 Å². The molecule has 1 aromatic heterocycles. The quantitative estimate of drug-likeness (QED) is 0.870. The summed E-state index contributed by atoms with van der Waals surface area (Å²) in [5, 5.41) is 7.08. The van der Waals surface area contributed by atoms with Crippen LogP contribution >= 0.6 is 0 Å². The number of nitrogens with zero attached hydrogens (tertiary/aromatic N) is 2. The minimum atomic E-state index is -0.726. The highest BCUT2D eigenvalue weighted by Gasteiger charge is 2.25. The topological polar surface area (TPSA) is 56.1 Å². The fraction of sp³-hybridized carbons (Fsp3) is 0.286. The van der Waals surface area contributed by atoms with Gasteiger partial charge in [-0.15, -0.1) is 0 Å². The Bertz CT molecular complexity index is 625. The molecule has 1 atom stereocenters. The average molecular weight is 277 g/mol. The summed E-state index contributed by atoms with van der Waals surface area (Å²) in [5.41, 5.74) is 2.04. The van der Waals surface area contributed by atoms with Crippen LogP contribution < -0.4 is 5.32 Å². The third-order valence-corrected chi connectivity index (χ3v) is 3.16. The van der Waals surface area contributed by atoms with E-state index in [4.69, 9.17) is 4.74 Å². The Morgan fingerprint density at radius 1 is 1.50 bits per heavy atom. The van der Waals surface area contributed by atoms with Crippen molar-refractivity contribution in [2.24, 2.45) is 7.05 Å². The Kier molecular flexibility index (Phi) is 4.02. The number of ether oxygens (including phenoxy) is 1. The molecule has 6 heteroatoms. The summed E-state index contributed by atoms with van der Waals surface area (Å²) in [6.45, 7) is 1.85. The zero-order valence-corrected chi connectivity index (χ0v) is 11.6. The van der Waals surface area contributed by atoms with Crippen LogP contribution in [-0.4, -0.2) is 22.9 Å². The molecule has 0 amide bonds. The van der Waals surface area contributed by atoms with Gasteiger partial charge >= 0.3 is 5.97 Å². The number of rotatable bonds is 4. The van der Waals surface area contributed by atoms with Crippen LogP contribution in [-0.2, 0) is 16.6 Å². The van der Waals surface area contributed by atoms with Crippen LogP contribution in [0.5, 0.6) is 0 Å². The lowest BCUT2D eigenvalue weighted by Gasteiger charge is -2.17. The summed E-state index contributed by atoms with van der Waals surface area (Å²) in [4.78, 5) is 11.9. The number of hydrogen-bond acceptors (Lipinski definition) is 4. The normalized spacial score (nSPS) is 12.0. The molecule has 0 saturated carbocycles. The van der Waals surface area contributed by atoms with Gasteiger partial charge in [0, 0.05) is 24.0 Å². The van der Waals surface area contributed by atoms with E-state index in [1.54, 1.807) is 30.1 Å². The molecule has 0 fully saturated rings. The molecule has 0 aliphatic rings. The lowest BCUT2D eigenvalue weighted by molar-refractivity contribution is -0.141. The van der Waals surface area contributed by atoms with Crippen molar-refractivity contribution in [2.45, 2.75) is 13.0 Å². The Morgan fingerprint density at radius 2 is 2.25 bits per heavy atom. The largest absolute Gasteiger partial charge is 0.467 e. The summed E-state index contributed by atoms with van der Waals surface area (Å²) in [6.07, 6.45) is 1.60. The lowest BCUT2D eigenvalue weighted by Crippen LogP contribution is -2.23. The molecule has 5 nitrogen and oxygen atoms in total. The van der Waals surface area contributed by atoms with Gasteiger partial charge in [0.2, 0.25) is 0 Å². The van der Waals surface area contributed by atoms with E-state index in [1.165, 1.54) is 19.2 Å². The van der Waals surface area contributed by atoms with Gasteiger partial charge in [-0.2, -0.15) is 5.10 Å². The number of benzene rings is 1. The van der Waals surface area contributed by atoms with Crippen LogP contribution in [0.1, 0.15) is 17.3 Å². The van der Waals surface area contributed by atoms with E-state index in [0.29, 0.717) is 11.3 Å². The van der Waals surface area contributed by atoms with Crippen LogP contribution in [0.4, 0.5) is 10.1 Å². The van der Waals surface area contributed by atoms with Crippen molar-refractivity contribution in [3.05, 3.63) is 47.5 Å². The number of carbonyl (C=O) groups excluding carboxylic acids is 1. The molecule has 106 valence electrons. The number of esters is 1. The highest BCUT2D eigenvalue weighted by Crippen LogP contribution is 2.23. The second-order valence-electron chi connectivity index (χ2n) is 4.42. The highest BCUT2D eigenvalue weighted by atomic mass is 19.1. The third kappa shape index (κ3) is 2.79. The number of halogens is 1. The molecule has 1 N–H and O–H groups in total. The monoisotopic (exact) mass is 277 g/mol. The number of carbonyl (C=O) groups is 1. The van der Waals surface area contributed by atoms with E-state index < -0.39 is 12.0 Å². The minimum Gasteiger partial charge on any atom is -0.467 e. The molecular weight excluding hydrogens is 261 g/mol. The van der Waals surface area contributed by atoms with Gasteiger partial charge in [0.05, 0.1) is 13.3 Å². The summed E-state index contributed by atoms with van der Waals surface area (Å²) in [7, 11) is 3.10. The maximum Gasteiger partial charge on any atom is 0.333 e. The summed E-state index contributed by atoms with van der Waals surface area (Å²) in [6, 6.07) is 5.19. The molecule has 1 heterocycles. The Hall–Kier alpha value is -2.37. The fourth-order valence-electron chi connectivity index (χ4n) is 1.93. The number of hydrogen-bond donors (Lipinski definition) is 1. The van der Waals surface area contributed by atoms with Crippen molar-refractivity contribution < 1.29 is 13.9 Å². The van der Waals surface area contributed by atoms with E-state index in [0.717, 1.165) is 5.69 Å². The molecule has 2 rings (SSSR count). The van der Waals surface area contributed by atoms with Crippen molar-refractivity contribution in [3.63, 3.8) is 0 Å². The number of methoxy groups -OCH3 is 1. The minimum absolute atomic E-state index is 0.374. The zero-order valence-electron chi connectivity index (χ0n) is 11.6. The molecule has 1 unspecified atom stereocenters. The number of anilines is 1. The first kappa shape index (κ1) is 14.0. The fourth-order valence-corrected chi connectivity index (χ4v) is 1.93. The van der Waals surface area contributed by atoms with Crippen molar-refractivity contribution in [1.29, 1.82) is 0 Å². The molecule has 0 radical (unpaired) electrons. The van der Waals surface area contributed by atoms with Gasteiger partial charge in [0.15, 0.2) is 6.04 Å². The Balaban J connectivity index is 2.34. The SMILES string of the molecule is COC(=O)C(Nc1cccc(F)c1)c1cnn(C)c1C. The number of nitrogens with one attached hydrogen (secondary N) is 1. The molecule has 20 heavy (non-hydrogen) atoms. The Morgan fingerprint density at radius 3 is 2.80 bits per heavy atom. The number of aromatic nitrogens is 2. The summed E-state index contributed by atoms with van der Waals surface area (Å²) < 4.78 is 19.7. The van der Waals surface area contributed by atoms with Crippen molar-refractivity contribution in [1.82, 2.24) is 9.78 Å². The van der Waals surface area contributed by atoms with Crippen LogP contribution in [0.15, 0.2) is 30.5 Å². The van der Waals surface area contributed by atoms with Gasteiger partial charge in [-0.1, -0.05) is 6.07 Å². The van der Waals surface area contributed by atoms with Crippen molar-refractivity contribution in [2.75, 3.05) is 12.4 Å². The average Bonchev–Trinajstić information content (AvgIpc) is 2.76. The first-order valence-electron chi connectivity index (χ1n) is 6.11. The maximum atomic E-state index is 13.2. The van der Waals surface area contributed by atoms with E-state index in [-0.39, 0.29) is 5.82 Å². The molecule has 2 aromatic rings. The van der Waals surface area contributed by atoms with Crippen LogP contribution in [0.25, 0.3) is 0 Å². The van der Waals surface area contributed by atoms with Crippen molar-refractivity contribution >= 4 is 11.7 Å². The lowest BCUT2D eigenvalue weighted by atomic mass is 10.1. The van der Waals surface area contributed by atoms with Crippen LogP contribution in [0.3, 0.4) is 0 Å². The van der Waals surface area contributed by atoms with E-state index in [9.17, 15) is 9.18 Å². The van der Waals surface area contributed by atoms with Gasteiger partial charge in [-0.05, 0) is 25.1 Å². The van der Waals surface area contributed by atoms with Gasteiger partial charge in [0.25, 0.3) is 0 Å². The predicted octanol–water partition coefficient (Wildman–Crippen LogP) is 2.19. The van der Waals surface area contributed by atoms with E-state index in [2.05, 4.69) is 10.4 Å². The van der Waals surface area contributed by atoms with Gasteiger partial charge in [0.1, 0.15) is 5.82 Å². The third-order valence-electron chi connectivity index (χ3n) is 3.16. The molecule has 0 aliphatic carbocycles. The second kappa shape index (κ2) is 5.73. The zero-order chi connectivity index (χ0) is 14.7. The molecular formula is C14H16FN3O2. The number of aryl methyl sites for hydroxylation is 1. The summed E-state index contributed by atoms with van der Waals surface area (Å²) >= 11 is 0. The maximum absolute atomic E-state index is 13.2. The van der Waals surface area contributed by atoms with Gasteiger partial charge in [-0.3, -0.25) is 4.68 Å². The Labute approximate surface area is 116 Å². The van der Waals surface area contributed by atoms with Crippen LogP contribution in [0.2, 0.25) is 0 Å². The molecule has 0 bridgehead atoms. The molecule has 0 saturated heterocycles. The van der Waals surface area contributed by atoms with E-state index in [1.807, 2.05) is 6.92 Å². The molecule has 1 aromatic carbocycles. The second-order valence-corrected chi connectivity index (χ2v) is 4.42. The van der Waals surface area contributed by atoms with Crippen LogP contribution in [0, 0.1) is 12.7 Å². The summed E-state index contributed by atoms with van der Waals surface area (Å²) in [5.74, 6) is -0.827. The molecule has 0 spiro atoms. The highest BCUT2D eigenvalue weighted by molar-refractivity contribution is 5.81. The van der Waals surface area contributed by atoms with Gasteiger partial charge < -0.3 is 10.1 Å². The molecule has 0 aliphatic heterocycles. The smallest absolute Gasteiger partial charge is 0.333 e. The first-order chi connectivity index (χ1) is 9.52.